The van der Waals surface area contributed by atoms with Gasteiger partial charge in [0.25, 0.3) is 0 Å². The fourth-order valence-corrected chi connectivity index (χ4v) is 2.58. The molecule has 0 fully saturated rings. The summed E-state index contributed by atoms with van der Waals surface area (Å²) in [6.45, 7) is 0.509. The van der Waals surface area contributed by atoms with Crippen LogP contribution in [-0.2, 0) is 16.6 Å². The van der Waals surface area contributed by atoms with Crippen molar-refractivity contribution < 1.29 is 12.8 Å². The molecule has 0 saturated heterocycles. The zero-order valence-corrected chi connectivity index (χ0v) is 12.8. The van der Waals surface area contributed by atoms with Crippen molar-refractivity contribution >= 4 is 33.0 Å². The van der Waals surface area contributed by atoms with E-state index in [9.17, 15) is 12.8 Å². The Bertz CT molecular complexity index is 733. The highest BCUT2D eigenvalue weighted by atomic mass is 35.5. The minimum absolute atomic E-state index is 0.280. The van der Waals surface area contributed by atoms with Crippen LogP contribution in [0.1, 0.15) is 5.56 Å². The number of halogens is 2. The molecule has 21 heavy (non-hydrogen) atoms. The fraction of sp³-hybridized carbons (Fsp3) is 0.143. The molecule has 0 amide bonds. The molecule has 0 bridgehead atoms. The number of nitrogens with one attached hydrogen (secondary N) is 2. The summed E-state index contributed by atoms with van der Waals surface area (Å²) in [6, 6.07) is 11.1. The van der Waals surface area contributed by atoms with Crippen LogP contribution in [0.25, 0.3) is 0 Å². The molecule has 2 N–H and O–H groups in total. The molecule has 0 unspecified atom stereocenters. The number of hydrogen-bond acceptors (Lipinski definition) is 3. The van der Waals surface area contributed by atoms with Crippen molar-refractivity contribution in [3.8, 4) is 0 Å². The van der Waals surface area contributed by atoms with E-state index < -0.39 is 10.0 Å². The summed E-state index contributed by atoms with van der Waals surface area (Å²) in [5, 5.41) is 3.42. The maximum absolute atomic E-state index is 12.8. The molecule has 7 heteroatoms. The zero-order valence-electron chi connectivity index (χ0n) is 11.2. The first kappa shape index (κ1) is 15.6. The molecule has 112 valence electrons. The van der Waals surface area contributed by atoms with E-state index in [-0.39, 0.29) is 5.82 Å². The second-order valence-corrected chi connectivity index (χ2v) is 6.70. The fourth-order valence-electron chi connectivity index (χ4n) is 1.71. The summed E-state index contributed by atoms with van der Waals surface area (Å²) in [4.78, 5) is 0. The lowest BCUT2D eigenvalue weighted by molar-refractivity contribution is 0.607. The number of rotatable bonds is 5. The molecule has 0 radical (unpaired) electrons. The van der Waals surface area contributed by atoms with Gasteiger partial charge in [-0.05, 0) is 35.9 Å². The Morgan fingerprint density at radius 2 is 1.81 bits per heavy atom. The summed E-state index contributed by atoms with van der Waals surface area (Å²) in [5.41, 5.74) is 1.99. The Morgan fingerprint density at radius 3 is 2.38 bits per heavy atom. The molecule has 0 heterocycles. The minimum Gasteiger partial charge on any atom is -0.381 e. The number of benzene rings is 2. The quantitative estimate of drug-likeness (QED) is 0.883. The van der Waals surface area contributed by atoms with Gasteiger partial charge in [0.15, 0.2) is 0 Å². The van der Waals surface area contributed by atoms with Gasteiger partial charge in [-0.15, -0.1) is 0 Å². The van der Waals surface area contributed by atoms with Crippen LogP contribution in [0, 0.1) is 5.82 Å². The highest BCUT2D eigenvalue weighted by Crippen LogP contribution is 2.26. The first-order valence-corrected chi connectivity index (χ1v) is 8.36. The van der Waals surface area contributed by atoms with E-state index in [1.54, 1.807) is 30.3 Å². The van der Waals surface area contributed by atoms with Crippen molar-refractivity contribution in [2.75, 3.05) is 16.3 Å². The molecular formula is C14H14ClFN2O2S. The SMILES string of the molecule is CS(=O)(=O)Nc1ccc(NCc2ccc(F)cc2)cc1Cl. The smallest absolute Gasteiger partial charge is 0.229 e. The number of hydrogen-bond donors (Lipinski definition) is 2. The molecule has 0 atom stereocenters. The average Bonchev–Trinajstić information content (AvgIpc) is 2.40. The minimum atomic E-state index is -3.36. The number of anilines is 2. The first-order valence-electron chi connectivity index (χ1n) is 6.09. The van der Waals surface area contributed by atoms with E-state index in [2.05, 4.69) is 10.0 Å². The normalized spacial score (nSPS) is 11.2. The maximum Gasteiger partial charge on any atom is 0.229 e. The summed E-state index contributed by atoms with van der Waals surface area (Å²) in [6.07, 6.45) is 1.06. The predicted molar refractivity (Wildman–Crippen MR) is 83.6 cm³/mol. The Hall–Kier alpha value is -1.79. The predicted octanol–water partition coefficient (Wildman–Crippen LogP) is 3.46. The van der Waals surface area contributed by atoms with Gasteiger partial charge in [0.05, 0.1) is 17.0 Å². The van der Waals surface area contributed by atoms with Gasteiger partial charge in [-0.2, -0.15) is 0 Å². The van der Waals surface area contributed by atoms with Crippen LogP contribution in [-0.4, -0.2) is 14.7 Å². The zero-order chi connectivity index (χ0) is 15.5. The monoisotopic (exact) mass is 328 g/mol. The van der Waals surface area contributed by atoms with Gasteiger partial charge in [-0.3, -0.25) is 4.72 Å². The van der Waals surface area contributed by atoms with Crippen LogP contribution in [0.3, 0.4) is 0 Å². The van der Waals surface area contributed by atoms with E-state index in [4.69, 9.17) is 11.6 Å². The highest BCUT2D eigenvalue weighted by molar-refractivity contribution is 7.92. The van der Waals surface area contributed by atoms with E-state index in [1.807, 2.05) is 0 Å². The van der Waals surface area contributed by atoms with Crippen LogP contribution >= 0.6 is 11.6 Å². The average molecular weight is 329 g/mol. The van der Waals surface area contributed by atoms with E-state index >= 15 is 0 Å². The lowest BCUT2D eigenvalue weighted by atomic mass is 10.2. The third kappa shape index (κ3) is 4.91. The Balaban J connectivity index is 2.05. The highest BCUT2D eigenvalue weighted by Gasteiger charge is 2.07. The molecule has 0 saturated carbocycles. The van der Waals surface area contributed by atoms with E-state index in [0.717, 1.165) is 17.5 Å². The van der Waals surface area contributed by atoms with Crippen molar-refractivity contribution in [1.82, 2.24) is 0 Å². The van der Waals surface area contributed by atoms with Crippen LogP contribution in [0.5, 0.6) is 0 Å². The molecule has 4 nitrogen and oxygen atoms in total. The van der Waals surface area contributed by atoms with Crippen LogP contribution in [0.15, 0.2) is 42.5 Å². The van der Waals surface area contributed by atoms with Crippen molar-refractivity contribution in [3.05, 3.63) is 58.9 Å². The summed E-state index contributed by atoms with van der Waals surface area (Å²) in [5.74, 6) is -0.280. The maximum atomic E-state index is 12.8. The molecule has 2 rings (SSSR count). The number of sulfonamides is 1. The van der Waals surface area contributed by atoms with Gasteiger partial charge in [0.1, 0.15) is 5.82 Å². The Kier molecular flexibility index (Phi) is 4.69. The summed E-state index contributed by atoms with van der Waals surface area (Å²) >= 11 is 6.02. The molecular weight excluding hydrogens is 315 g/mol. The van der Waals surface area contributed by atoms with Crippen molar-refractivity contribution in [3.63, 3.8) is 0 Å². The second kappa shape index (κ2) is 6.32. The van der Waals surface area contributed by atoms with Gasteiger partial charge in [0, 0.05) is 12.2 Å². The summed E-state index contributed by atoms with van der Waals surface area (Å²) < 4.78 is 37.4. The molecule has 0 aliphatic heterocycles. The second-order valence-electron chi connectivity index (χ2n) is 4.55. The molecule has 2 aromatic carbocycles. The Morgan fingerprint density at radius 1 is 1.14 bits per heavy atom. The Labute approximate surface area is 128 Å². The van der Waals surface area contributed by atoms with Gasteiger partial charge >= 0.3 is 0 Å². The lowest BCUT2D eigenvalue weighted by Gasteiger charge is -2.10. The largest absolute Gasteiger partial charge is 0.381 e. The lowest BCUT2D eigenvalue weighted by Crippen LogP contribution is -2.10. The van der Waals surface area contributed by atoms with Crippen LogP contribution in [0.4, 0.5) is 15.8 Å². The molecule has 0 spiro atoms. The van der Waals surface area contributed by atoms with Gasteiger partial charge < -0.3 is 5.32 Å². The summed E-state index contributed by atoms with van der Waals surface area (Å²) in [7, 11) is -3.36. The van der Waals surface area contributed by atoms with Crippen LogP contribution < -0.4 is 10.0 Å². The van der Waals surface area contributed by atoms with Gasteiger partial charge in [0.2, 0.25) is 10.0 Å². The van der Waals surface area contributed by atoms with Crippen LogP contribution in [0.2, 0.25) is 5.02 Å². The molecule has 0 aliphatic rings. The molecule has 2 aromatic rings. The standard InChI is InChI=1S/C14H14ClFN2O2S/c1-21(19,20)18-14-7-6-12(8-13(14)15)17-9-10-2-4-11(16)5-3-10/h2-8,17-18H,9H2,1H3. The van der Waals surface area contributed by atoms with Crippen molar-refractivity contribution in [2.45, 2.75) is 6.54 Å². The third-order valence-corrected chi connectivity index (χ3v) is 3.58. The third-order valence-electron chi connectivity index (χ3n) is 2.67. The van der Waals surface area contributed by atoms with E-state index in [1.165, 1.54) is 12.1 Å². The topological polar surface area (TPSA) is 58.2 Å². The van der Waals surface area contributed by atoms with Crippen molar-refractivity contribution in [1.29, 1.82) is 0 Å². The van der Waals surface area contributed by atoms with Gasteiger partial charge in [-0.1, -0.05) is 23.7 Å². The molecule has 0 aromatic heterocycles. The van der Waals surface area contributed by atoms with Crippen molar-refractivity contribution in [2.24, 2.45) is 0 Å². The molecule has 0 aliphatic carbocycles. The van der Waals surface area contributed by atoms with Gasteiger partial charge in [-0.25, -0.2) is 12.8 Å². The van der Waals surface area contributed by atoms with E-state index in [0.29, 0.717) is 17.3 Å². The first-order chi connectivity index (χ1) is 9.83.